The molecule has 0 radical (unpaired) electrons. The lowest BCUT2D eigenvalue weighted by Crippen LogP contribution is -1.94. The minimum absolute atomic E-state index is 0.0726. The van der Waals surface area contributed by atoms with Crippen LogP contribution in [-0.4, -0.2) is 23.2 Å². The summed E-state index contributed by atoms with van der Waals surface area (Å²) >= 11 is 0. The first-order chi connectivity index (χ1) is 7.65. The maximum atomic E-state index is 10.8. The van der Waals surface area contributed by atoms with Crippen LogP contribution in [0.4, 0.5) is 0 Å². The molecular formula is C11H8N2O3. The number of H-pyrrole nitrogens is 1. The molecule has 2 rings (SSSR count). The Balaban J connectivity index is 2.76. The molecule has 80 valence electrons. The predicted octanol–water partition coefficient (Wildman–Crippen LogP) is 1.75. The standard InChI is InChI=1S/C11H8N2O3/c1-16-10-3-6(5-12)2-8-7(10)4-9(13-8)11(14)15/h2-4,13H,1H3,(H,14,15). The van der Waals surface area contributed by atoms with Crippen molar-refractivity contribution in [3.63, 3.8) is 0 Å². The summed E-state index contributed by atoms with van der Waals surface area (Å²) in [5, 5.41) is 18.3. The van der Waals surface area contributed by atoms with Gasteiger partial charge in [0.2, 0.25) is 0 Å². The summed E-state index contributed by atoms with van der Waals surface area (Å²) in [7, 11) is 1.48. The maximum Gasteiger partial charge on any atom is 0.352 e. The van der Waals surface area contributed by atoms with Crippen molar-refractivity contribution in [3.05, 3.63) is 29.5 Å². The number of aromatic carboxylic acids is 1. The van der Waals surface area contributed by atoms with Gasteiger partial charge in [-0.2, -0.15) is 5.26 Å². The van der Waals surface area contributed by atoms with E-state index in [4.69, 9.17) is 15.1 Å². The predicted molar refractivity (Wildman–Crippen MR) is 56.5 cm³/mol. The smallest absolute Gasteiger partial charge is 0.352 e. The molecule has 0 aliphatic carbocycles. The molecule has 0 saturated carbocycles. The largest absolute Gasteiger partial charge is 0.496 e. The Morgan fingerprint density at radius 3 is 2.81 bits per heavy atom. The van der Waals surface area contributed by atoms with Crippen molar-refractivity contribution in [1.82, 2.24) is 4.98 Å². The number of methoxy groups -OCH3 is 1. The maximum absolute atomic E-state index is 10.8. The third kappa shape index (κ3) is 1.46. The molecule has 2 N–H and O–H groups in total. The summed E-state index contributed by atoms with van der Waals surface area (Å²) < 4.78 is 5.10. The Labute approximate surface area is 90.9 Å². The number of benzene rings is 1. The minimum Gasteiger partial charge on any atom is -0.496 e. The summed E-state index contributed by atoms with van der Waals surface area (Å²) in [5.74, 6) is -0.561. The lowest BCUT2D eigenvalue weighted by molar-refractivity contribution is 0.0691. The lowest BCUT2D eigenvalue weighted by Gasteiger charge is -2.01. The molecular weight excluding hydrogens is 208 g/mol. The number of nitrogens with one attached hydrogen (secondary N) is 1. The fourth-order valence-electron chi connectivity index (χ4n) is 1.55. The fourth-order valence-corrected chi connectivity index (χ4v) is 1.55. The van der Waals surface area contributed by atoms with Gasteiger partial charge in [0.25, 0.3) is 0 Å². The van der Waals surface area contributed by atoms with E-state index in [1.54, 1.807) is 12.1 Å². The Bertz CT molecular complexity index is 607. The van der Waals surface area contributed by atoms with Gasteiger partial charge < -0.3 is 14.8 Å². The normalized spacial score (nSPS) is 10.0. The van der Waals surface area contributed by atoms with E-state index in [0.717, 1.165) is 0 Å². The highest BCUT2D eigenvalue weighted by Gasteiger charge is 2.11. The van der Waals surface area contributed by atoms with E-state index in [2.05, 4.69) is 4.98 Å². The van der Waals surface area contributed by atoms with E-state index in [1.807, 2.05) is 6.07 Å². The van der Waals surface area contributed by atoms with Gasteiger partial charge in [-0.1, -0.05) is 0 Å². The number of carboxylic acids is 1. The first-order valence-corrected chi connectivity index (χ1v) is 4.50. The van der Waals surface area contributed by atoms with Gasteiger partial charge in [-0.15, -0.1) is 0 Å². The number of aromatic amines is 1. The molecule has 16 heavy (non-hydrogen) atoms. The fraction of sp³-hybridized carbons (Fsp3) is 0.0909. The van der Waals surface area contributed by atoms with Gasteiger partial charge in [0.15, 0.2) is 0 Å². The zero-order valence-corrected chi connectivity index (χ0v) is 8.44. The van der Waals surface area contributed by atoms with Crippen LogP contribution in [0.15, 0.2) is 18.2 Å². The van der Waals surface area contributed by atoms with Crippen LogP contribution in [-0.2, 0) is 0 Å². The first-order valence-electron chi connectivity index (χ1n) is 4.50. The van der Waals surface area contributed by atoms with Crippen molar-refractivity contribution in [2.45, 2.75) is 0 Å². The van der Waals surface area contributed by atoms with Gasteiger partial charge >= 0.3 is 5.97 Å². The highest BCUT2D eigenvalue weighted by Crippen LogP contribution is 2.27. The zero-order valence-electron chi connectivity index (χ0n) is 8.44. The van der Waals surface area contributed by atoms with Crippen LogP contribution >= 0.6 is 0 Å². The van der Waals surface area contributed by atoms with Crippen molar-refractivity contribution >= 4 is 16.9 Å². The molecule has 0 saturated heterocycles. The highest BCUT2D eigenvalue weighted by molar-refractivity contribution is 5.96. The van der Waals surface area contributed by atoms with E-state index in [0.29, 0.717) is 22.2 Å². The molecule has 0 unspecified atom stereocenters. The molecule has 1 aromatic carbocycles. The van der Waals surface area contributed by atoms with Crippen LogP contribution in [0, 0.1) is 11.3 Å². The number of hydrogen-bond acceptors (Lipinski definition) is 3. The SMILES string of the molecule is COc1cc(C#N)cc2[nH]c(C(=O)O)cc12. The average Bonchev–Trinajstić information content (AvgIpc) is 2.71. The molecule has 0 aliphatic heterocycles. The van der Waals surface area contributed by atoms with Gasteiger partial charge in [0.05, 0.1) is 24.3 Å². The number of carboxylic acid groups (broad SMARTS) is 1. The van der Waals surface area contributed by atoms with E-state index >= 15 is 0 Å². The molecule has 0 fully saturated rings. The zero-order chi connectivity index (χ0) is 11.7. The van der Waals surface area contributed by atoms with E-state index < -0.39 is 5.97 Å². The van der Waals surface area contributed by atoms with Crippen molar-refractivity contribution in [1.29, 1.82) is 5.26 Å². The van der Waals surface area contributed by atoms with Crippen LogP contribution in [0.5, 0.6) is 5.75 Å². The average molecular weight is 216 g/mol. The lowest BCUT2D eigenvalue weighted by atomic mass is 10.1. The number of ether oxygens (including phenoxy) is 1. The third-order valence-corrected chi connectivity index (χ3v) is 2.28. The number of nitriles is 1. The quantitative estimate of drug-likeness (QED) is 0.800. The number of carbonyl (C=O) groups is 1. The van der Waals surface area contributed by atoms with E-state index in [1.165, 1.54) is 13.2 Å². The van der Waals surface area contributed by atoms with Gasteiger partial charge in [0, 0.05) is 5.39 Å². The summed E-state index contributed by atoms with van der Waals surface area (Å²) in [4.78, 5) is 13.5. The second kappa shape index (κ2) is 3.59. The van der Waals surface area contributed by atoms with E-state index in [9.17, 15) is 4.79 Å². The monoisotopic (exact) mass is 216 g/mol. The molecule has 2 aromatic rings. The van der Waals surface area contributed by atoms with Crippen molar-refractivity contribution < 1.29 is 14.6 Å². The molecule has 0 spiro atoms. The number of aromatic nitrogens is 1. The number of rotatable bonds is 2. The summed E-state index contributed by atoms with van der Waals surface area (Å²) in [6, 6.07) is 6.63. The summed E-state index contributed by atoms with van der Waals surface area (Å²) in [6.45, 7) is 0. The Morgan fingerprint density at radius 1 is 1.50 bits per heavy atom. The van der Waals surface area contributed by atoms with Gasteiger partial charge in [-0.25, -0.2) is 4.79 Å². The molecule has 5 nitrogen and oxygen atoms in total. The Morgan fingerprint density at radius 2 is 2.25 bits per heavy atom. The van der Waals surface area contributed by atoms with Crippen LogP contribution in [0.1, 0.15) is 16.1 Å². The van der Waals surface area contributed by atoms with Crippen LogP contribution < -0.4 is 4.74 Å². The molecule has 1 aromatic heterocycles. The number of fused-ring (bicyclic) bond motifs is 1. The van der Waals surface area contributed by atoms with Gasteiger partial charge in [0.1, 0.15) is 11.4 Å². The molecule has 0 atom stereocenters. The molecule has 5 heteroatoms. The van der Waals surface area contributed by atoms with Gasteiger partial charge in [-0.3, -0.25) is 0 Å². The number of hydrogen-bond donors (Lipinski definition) is 2. The van der Waals surface area contributed by atoms with Crippen LogP contribution in [0.25, 0.3) is 10.9 Å². The second-order valence-electron chi connectivity index (χ2n) is 3.24. The topological polar surface area (TPSA) is 86.1 Å². The second-order valence-corrected chi connectivity index (χ2v) is 3.24. The molecule has 0 bridgehead atoms. The minimum atomic E-state index is -1.04. The van der Waals surface area contributed by atoms with E-state index in [-0.39, 0.29) is 5.69 Å². The first kappa shape index (κ1) is 10.1. The summed E-state index contributed by atoms with van der Waals surface area (Å²) in [6.07, 6.45) is 0. The molecule has 1 heterocycles. The van der Waals surface area contributed by atoms with Crippen molar-refractivity contribution in [2.75, 3.05) is 7.11 Å². The Hall–Kier alpha value is -2.48. The third-order valence-electron chi connectivity index (χ3n) is 2.28. The summed E-state index contributed by atoms with van der Waals surface area (Å²) in [5.41, 5.74) is 1.07. The molecule has 0 amide bonds. The van der Waals surface area contributed by atoms with Crippen molar-refractivity contribution in [2.24, 2.45) is 0 Å². The van der Waals surface area contributed by atoms with Crippen molar-refractivity contribution in [3.8, 4) is 11.8 Å². The van der Waals surface area contributed by atoms with Gasteiger partial charge in [-0.05, 0) is 18.2 Å². The van der Waals surface area contributed by atoms with Crippen LogP contribution in [0.3, 0.4) is 0 Å². The Kier molecular flexibility index (Phi) is 2.25. The molecule has 0 aliphatic rings. The highest BCUT2D eigenvalue weighted by atomic mass is 16.5. The van der Waals surface area contributed by atoms with Crippen LogP contribution in [0.2, 0.25) is 0 Å². The number of nitrogens with zero attached hydrogens (tertiary/aromatic N) is 1.